The van der Waals surface area contributed by atoms with E-state index >= 15 is 0 Å². The van der Waals surface area contributed by atoms with Crippen molar-refractivity contribution in [3.8, 4) is 0 Å². The number of fused-ring (bicyclic) bond motifs is 1. The summed E-state index contributed by atoms with van der Waals surface area (Å²) in [6.45, 7) is 1.15. The van der Waals surface area contributed by atoms with Crippen LogP contribution in [-0.2, 0) is 13.0 Å². The average molecular weight is 303 g/mol. The lowest BCUT2D eigenvalue weighted by Gasteiger charge is -2.27. The Hall–Kier alpha value is -0.780. The summed E-state index contributed by atoms with van der Waals surface area (Å²) in [4.78, 5) is 12.3. The molecule has 2 rings (SSSR count). The second kappa shape index (κ2) is 3.76. The first-order chi connectivity index (χ1) is 6.68. The Morgan fingerprint density at radius 1 is 1.50 bits per heavy atom. The van der Waals surface area contributed by atoms with Gasteiger partial charge in [-0.05, 0) is 46.2 Å². The summed E-state index contributed by atoms with van der Waals surface area (Å²) in [5, 5.41) is 8.88. The number of carboxylic acid groups (broad SMARTS) is 1. The van der Waals surface area contributed by atoms with E-state index < -0.39 is 6.09 Å². The largest absolute Gasteiger partial charge is 0.465 e. The highest BCUT2D eigenvalue weighted by atomic mass is 127. The summed E-state index contributed by atoms with van der Waals surface area (Å²) in [7, 11) is 0. The third-order valence-electron chi connectivity index (χ3n) is 2.49. The lowest BCUT2D eigenvalue weighted by Crippen LogP contribution is -2.35. The van der Waals surface area contributed by atoms with Crippen molar-refractivity contribution in [3.63, 3.8) is 0 Å². The van der Waals surface area contributed by atoms with Crippen LogP contribution in [0.25, 0.3) is 0 Å². The number of halogens is 1. The zero-order valence-corrected chi connectivity index (χ0v) is 9.69. The van der Waals surface area contributed by atoms with Gasteiger partial charge in [-0.3, -0.25) is 0 Å². The molecule has 14 heavy (non-hydrogen) atoms. The van der Waals surface area contributed by atoms with Crippen LogP contribution in [0.3, 0.4) is 0 Å². The number of rotatable bonds is 0. The number of benzene rings is 1. The molecule has 1 aromatic rings. The Labute approximate surface area is 95.9 Å². The Kier molecular flexibility index (Phi) is 2.62. The SMILES string of the molecule is O=C(O)N1CCc2cccc(I)c2C1. The molecule has 0 saturated carbocycles. The molecule has 0 atom stereocenters. The third-order valence-corrected chi connectivity index (χ3v) is 3.50. The van der Waals surface area contributed by atoms with Crippen LogP contribution in [0.1, 0.15) is 11.1 Å². The molecule has 1 aliphatic rings. The summed E-state index contributed by atoms with van der Waals surface area (Å²) in [6.07, 6.45) is 0.00803. The molecular formula is C10H10INO2. The smallest absolute Gasteiger partial charge is 0.407 e. The van der Waals surface area contributed by atoms with Gasteiger partial charge in [0, 0.05) is 10.1 Å². The topological polar surface area (TPSA) is 40.5 Å². The van der Waals surface area contributed by atoms with Crippen LogP contribution in [0.2, 0.25) is 0 Å². The number of nitrogens with zero attached hydrogens (tertiary/aromatic N) is 1. The van der Waals surface area contributed by atoms with Gasteiger partial charge in [0.05, 0.1) is 6.54 Å². The molecule has 0 aliphatic carbocycles. The highest BCUT2D eigenvalue weighted by molar-refractivity contribution is 14.1. The molecule has 0 fully saturated rings. The molecule has 0 bridgehead atoms. The van der Waals surface area contributed by atoms with E-state index in [-0.39, 0.29) is 0 Å². The van der Waals surface area contributed by atoms with Gasteiger partial charge in [0.2, 0.25) is 0 Å². The first kappa shape index (κ1) is 9.76. The van der Waals surface area contributed by atoms with E-state index in [1.807, 2.05) is 12.1 Å². The minimum absolute atomic E-state index is 0.532. The quantitative estimate of drug-likeness (QED) is 0.747. The predicted octanol–water partition coefficient (Wildman–Crippen LogP) is 2.33. The minimum Gasteiger partial charge on any atom is -0.465 e. The Morgan fingerprint density at radius 2 is 2.29 bits per heavy atom. The fourth-order valence-corrected chi connectivity index (χ4v) is 2.43. The fraction of sp³-hybridized carbons (Fsp3) is 0.300. The average Bonchev–Trinajstić information content (AvgIpc) is 2.18. The van der Waals surface area contributed by atoms with E-state index in [0.717, 1.165) is 9.99 Å². The summed E-state index contributed by atoms with van der Waals surface area (Å²) in [6, 6.07) is 6.12. The molecule has 0 saturated heterocycles. The van der Waals surface area contributed by atoms with Crippen molar-refractivity contribution >= 4 is 28.7 Å². The second-order valence-corrected chi connectivity index (χ2v) is 4.49. The van der Waals surface area contributed by atoms with Gasteiger partial charge in [0.15, 0.2) is 0 Å². The summed E-state index contributed by atoms with van der Waals surface area (Å²) in [5.41, 5.74) is 2.45. The normalized spacial score (nSPS) is 15.1. The van der Waals surface area contributed by atoms with Crippen LogP contribution in [0.4, 0.5) is 4.79 Å². The van der Waals surface area contributed by atoms with Crippen molar-refractivity contribution in [3.05, 3.63) is 32.9 Å². The molecule has 74 valence electrons. The molecule has 0 unspecified atom stereocenters. The number of hydrogen-bond acceptors (Lipinski definition) is 1. The highest BCUT2D eigenvalue weighted by Gasteiger charge is 2.20. The highest BCUT2D eigenvalue weighted by Crippen LogP contribution is 2.23. The van der Waals surface area contributed by atoms with E-state index in [1.165, 1.54) is 16.0 Å². The molecule has 1 amide bonds. The molecule has 1 heterocycles. The number of carbonyl (C=O) groups is 1. The van der Waals surface area contributed by atoms with E-state index in [1.54, 1.807) is 0 Å². The van der Waals surface area contributed by atoms with E-state index in [2.05, 4.69) is 28.7 Å². The molecule has 0 aromatic heterocycles. The molecule has 1 aromatic carbocycles. The monoisotopic (exact) mass is 303 g/mol. The number of hydrogen-bond donors (Lipinski definition) is 1. The Bertz CT molecular complexity index is 378. The van der Waals surface area contributed by atoms with Gasteiger partial charge >= 0.3 is 6.09 Å². The maximum Gasteiger partial charge on any atom is 0.407 e. The molecule has 1 aliphatic heterocycles. The number of amides is 1. The van der Waals surface area contributed by atoms with Crippen molar-refractivity contribution in [2.75, 3.05) is 6.54 Å². The lowest BCUT2D eigenvalue weighted by molar-refractivity contribution is 0.140. The van der Waals surface area contributed by atoms with Gasteiger partial charge in [0.1, 0.15) is 0 Å². The van der Waals surface area contributed by atoms with Crippen molar-refractivity contribution in [2.45, 2.75) is 13.0 Å². The lowest BCUT2D eigenvalue weighted by atomic mass is 10.0. The minimum atomic E-state index is -0.824. The van der Waals surface area contributed by atoms with Crippen LogP contribution in [0, 0.1) is 3.57 Å². The van der Waals surface area contributed by atoms with Crippen LogP contribution in [0.5, 0.6) is 0 Å². The van der Waals surface area contributed by atoms with Gasteiger partial charge in [0.25, 0.3) is 0 Å². The maximum atomic E-state index is 10.8. The second-order valence-electron chi connectivity index (χ2n) is 3.33. The van der Waals surface area contributed by atoms with Crippen molar-refractivity contribution < 1.29 is 9.90 Å². The van der Waals surface area contributed by atoms with Gasteiger partial charge in [-0.25, -0.2) is 4.79 Å². The summed E-state index contributed by atoms with van der Waals surface area (Å²) >= 11 is 2.26. The first-order valence-corrected chi connectivity index (χ1v) is 5.50. The third kappa shape index (κ3) is 1.70. The van der Waals surface area contributed by atoms with E-state index in [0.29, 0.717) is 13.1 Å². The van der Waals surface area contributed by atoms with Gasteiger partial charge in [-0.2, -0.15) is 0 Å². The zero-order chi connectivity index (χ0) is 10.1. The molecule has 1 N–H and O–H groups in total. The van der Waals surface area contributed by atoms with Crippen molar-refractivity contribution in [1.29, 1.82) is 0 Å². The van der Waals surface area contributed by atoms with Crippen LogP contribution < -0.4 is 0 Å². The van der Waals surface area contributed by atoms with Crippen LogP contribution in [0.15, 0.2) is 18.2 Å². The Morgan fingerprint density at radius 3 is 3.00 bits per heavy atom. The van der Waals surface area contributed by atoms with Gasteiger partial charge < -0.3 is 10.0 Å². The summed E-state index contributed by atoms with van der Waals surface area (Å²) < 4.78 is 1.16. The van der Waals surface area contributed by atoms with Gasteiger partial charge in [-0.15, -0.1) is 0 Å². The molecule has 4 heteroatoms. The van der Waals surface area contributed by atoms with Crippen LogP contribution in [-0.4, -0.2) is 22.6 Å². The zero-order valence-electron chi connectivity index (χ0n) is 7.53. The predicted molar refractivity (Wildman–Crippen MR) is 61.3 cm³/mol. The molecular weight excluding hydrogens is 293 g/mol. The van der Waals surface area contributed by atoms with E-state index in [9.17, 15) is 4.79 Å². The Balaban J connectivity index is 2.33. The standard InChI is InChI=1S/C10H10INO2/c11-9-3-1-2-7-4-5-12(10(13)14)6-8(7)9/h1-3H,4-6H2,(H,13,14). The fourth-order valence-electron chi connectivity index (χ4n) is 1.70. The summed E-state index contributed by atoms with van der Waals surface area (Å²) in [5.74, 6) is 0. The van der Waals surface area contributed by atoms with Crippen molar-refractivity contribution in [1.82, 2.24) is 4.90 Å². The maximum absolute atomic E-state index is 10.8. The molecule has 0 spiro atoms. The van der Waals surface area contributed by atoms with Crippen molar-refractivity contribution in [2.24, 2.45) is 0 Å². The van der Waals surface area contributed by atoms with Gasteiger partial charge in [-0.1, -0.05) is 12.1 Å². The molecule has 3 nitrogen and oxygen atoms in total. The van der Waals surface area contributed by atoms with Crippen LogP contribution >= 0.6 is 22.6 Å². The first-order valence-electron chi connectivity index (χ1n) is 4.42. The molecule has 0 radical (unpaired) electrons. The van der Waals surface area contributed by atoms with E-state index in [4.69, 9.17) is 5.11 Å².